The van der Waals surface area contributed by atoms with E-state index in [1.807, 2.05) is 12.1 Å². The van der Waals surface area contributed by atoms with Crippen LogP contribution in [-0.4, -0.2) is 16.1 Å². The highest BCUT2D eigenvalue weighted by Gasteiger charge is 2.11. The lowest BCUT2D eigenvalue weighted by Crippen LogP contribution is -2.04. The zero-order valence-electron chi connectivity index (χ0n) is 11.8. The summed E-state index contributed by atoms with van der Waals surface area (Å²) >= 11 is 5.79. The lowest BCUT2D eigenvalue weighted by atomic mass is 10.1. The van der Waals surface area contributed by atoms with E-state index in [-0.39, 0.29) is 10.7 Å². The maximum atomic E-state index is 11.0. The van der Waals surface area contributed by atoms with Gasteiger partial charge in [-0.25, -0.2) is 9.78 Å². The summed E-state index contributed by atoms with van der Waals surface area (Å²) < 4.78 is 0. The number of anilines is 2. The molecule has 0 unspecified atom stereocenters. The predicted octanol–water partition coefficient (Wildman–Crippen LogP) is 4.52. The van der Waals surface area contributed by atoms with Crippen molar-refractivity contribution in [1.82, 2.24) is 4.98 Å². The molecule has 0 atom stereocenters. The minimum atomic E-state index is -1.14. The summed E-state index contributed by atoms with van der Waals surface area (Å²) in [4.78, 5) is 15.0. The number of carboxylic acids is 1. The third kappa shape index (κ3) is 4.20. The molecule has 2 N–H and O–H groups in total. The average Bonchev–Trinajstić information content (AvgIpc) is 2.48. The van der Waals surface area contributed by atoms with Crippen LogP contribution in [0.25, 0.3) is 0 Å². The Kier molecular flexibility index (Phi) is 5.17. The van der Waals surface area contributed by atoms with Gasteiger partial charge in [0.05, 0.1) is 5.02 Å². The Morgan fingerprint density at radius 1 is 1.24 bits per heavy atom. The normalized spacial score (nSPS) is 10.4. The lowest BCUT2D eigenvalue weighted by molar-refractivity contribution is 0.0691. The summed E-state index contributed by atoms with van der Waals surface area (Å²) in [5.41, 5.74) is 2.00. The molecule has 0 aliphatic rings. The summed E-state index contributed by atoms with van der Waals surface area (Å²) in [5.74, 6) is -0.684. The highest BCUT2D eigenvalue weighted by atomic mass is 35.5. The van der Waals surface area contributed by atoms with Crippen molar-refractivity contribution in [1.29, 1.82) is 0 Å². The van der Waals surface area contributed by atoms with Gasteiger partial charge in [-0.05, 0) is 42.7 Å². The Morgan fingerprint density at radius 2 is 1.95 bits per heavy atom. The van der Waals surface area contributed by atoms with Crippen LogP contribution in [0.1, 0.15) is 35.8 Å². The molecule has 0 saturated carbocycles. The second kappa shape index (κ2) is 7.09. The quantitative estimate of drug-likeness (QED) is 0.823. The summed E-state index contributed by atoms with van der Waals surface area (Å²) in [5, 5.41) is 12.2. The summed E-state index contributed by atoms with van der Waals surface area (Å²) in [6.45, 7) is 2.17. The van der Waals surface area contributed by atoms with E-state index in [1.165, 1.54) is 24.5 Å². The van der Waals surface area contributed by atoms with Crippen molar-refractivity contribution in [3.8, 4) is 0 Å². The first-order valence-corrected chi connectivity index (χ1v) is 7.23. The molecule has 0 fully saturated rings. The molecule has 2 aromatic rings. The van der Waals surface area contributed by atoms with Crippen LogP contribution in [0.4, 0.5) is 11.5 Å². The van der Waals surface area contributed by atoms with E-state index in [0.717, 1.165) is 12.1 Å². The molecule has 110 valence electrons. The Morgan fingerprint density at radius 3 is 2.57 bits per heavy atom. The number of unbranched alkanes of at least 4 members (excludes halogenated alkanes) is 1. The molecule has 2 rings (SSSR count). The summed E-state index contributed by atoms with van der Waals surface area (Å²) in [7, 11) is 0. The number of halogens is 1. The first-order valence-electron chi connectivity index (χ1n) is 6.86. The number of carbonyl (C=O) groups is 1. The topological polar surface area (TPSA) is 62.2 Å². The number of benzene rings is 1. The van der Waals surface area contributed by atoms with Gasteiger partial charge in [0.2, 0.25) is 0 Å². The Hall–Kier alpha value is -2.07. The van der Waals surface area contributed by atoms with Crippen molar-refractivity contribution >= 4 is 29.1 Å². The number of aryl methyl sites for hydroxylation is 1. The number of aromatic carboxylic acids is 1. The average molecular weight is 305 g/mol. The van der Waals surface area contributed by atoms with Gasteiger partial charge in [0.1, 0.15) is 5.82 Å². The largest absolute Gasteiger partial charge is 0.476 e. The van der Waals surface area contributed by atoms with Crippen molar-refractivity contribution in [2.45, 2.75) is 26.2 Å². The van der Waals surface area contributed by atoms with Crippen LogP contribution >= 0.6 is 11.6 Å². The Balaban J connectivity index is 2.11. The Bertz CT molecular complexity index is 627. The van der Waals surface area contributed by atoms with Gasteiger partial charge >= 0.3 is 5.97 Å². The smallest absolute Gasteiger partial charge is 0.356 e. The van der Waals surface area contributed by atoms with Crippen LogP contribution < -0.4 is 5.32 Å². The highest BCUT2D eigenvalue weighted by Crippen LogP contribution is 2.20. The molecule has 4 nitrogen and oxygen atoms in total. The van der Waals surface area contributed by atoms with Gasteiger partial charge in [0.25, 0.3) is 0 Å². The van der Waals surface area contributed by atoms with E-state index in [0.29, 0.717) is 5.82 Å². The molecule has 21 heavy (non-hydrogen) atoms. The molecule has 1 aromatic heterocycles. The fourth-order valence-electron chi connectivity index (χ4n) is 1.95. The first-order chi connectivity index (χ1) is 10.1. The number of carboxylic acid groups (broad SMARTS) is 1. The van der Waals surface area contributed by atoms with E-state index < -0.39 is 5.97 Å². The monoisotopic (exact) mass is 304 g/mol. The highest BCUT2D eigenvalue weighted by molar-refractivity contribution is 6.33. The number of nitrogens with one attached hydrogen (secondary N) is 1. The third-order valence-corrected chi connectivity index (χ3v) is 3.40. The van der Waals surface area contributed by atoms with Gasteiger partial charge in [-0.1, -0.05) is 37.1 Å². The molecule has 5 heteroatoms. The molecule has 1 heterocycles. The van der Waals surface area contributed by atoms with Crippen LogP contribution in [0.5, 0.6) is 0 Å². The SMILES string of the molecule is CCCCc1ccc(Nc2ccc(Cl)c(C(=O)O)n2)cc1. The number of aromatic nitrogens is 1. The fraction of sp³-hybridized carbons (Fsp3) is 0.250. The van der Waals surface area contributed by atoms with E-state index >= 15 is 0 Å². The number of nitrogens with zero attached hydrogens (tertiary/aromatic N) is 1. The molecule has 0 saturated heterocycles. The van der Waals surface area contributed by atoms with E-state index in [4.69, 9.17) is 16.7 Å². The predicted molar refractivity (Wildman–Crippen MR) is 84.5 cm³/mol. The molecule has 0 radical (unpaired) electrons. The number of pyridine rings is 1. The van der Waals surface area contributed by atoms with Gasteiger partial charge < -0.3 is 10.4 Å². The van der Waals surface area contributed by atoms with E-state index in [9.17, 15) is 4.79 Å². The molecule has 1 aromatic carbocycles. The van der Waals surface area contributed by atoms with E-state index in [1.54, 1.807) is 6.07 Å². The van der Waals surface area contributed by atoms with Crippen molar-refractivity contribution in [3.05, 3.63) is 52.7 Å². The Labute approximate surface area is 128 Å². The maximum Gasteiger partial charge on any atom is 0.356 e. The molecular weight excluding hydrogens is 288 g/mol. The zero-order chi connectivity index (χ0) is 15.2. The molecule has 0 aliphatic heterocycles. The first kappa shape index (κ1) is 15.3. The summed E-state index contributed by atoms with van der Waals surface area (Å²) in [6.07, 6.45) is 3.42. The van der Waals surface area contributed by atoms with Crippen LogP contribution in [0.3, 0.4) is 0 Å². The summed E-state index contributed by atoms with van der Waals surface area (Å²) in [6, 6.07) is 11.2. The van der Waals surface area contributed by atoms with Gasteiger partial charge in [0, 0.05) is 5.69 Å². The zero-order valence-corrected chi connectivity index (χ0v) is 12.5. The maximum absolute atomic E-state index is 11.0. The van der Waals surface area contributed by atoms with Crippen LogP contribution in [-0.2, 0) is 6.42 Å². The molecule has 0 spiro atoms. The molecular formula is C16H17ClN2O2. The second-order valence-electron chi connectivity index (χ2n) is 4.76. The van der Waals surface area contributed by atoms with Gasteiger partial charge in [0.15, 0.2) is 5.69 Å². The van der Waals surface area contributed by atoms with Crippen molar-refractivity contribution in [3.63, 3.8) is 0 Å². The van der Waals surface area contributed by atoms with Gasteiger partial charge in [-0.15, -0.1) is 0 Å². The number of hydrogen-bond donors (Lipinski definition) is 2. The van der Waals surface area contributed by atoms with Crippen LogP contribution in [0.15, 0.2) is 36.4 Å². The minimum absolute atomic E-state index is 0.128. The molecule has 0 aliphatic carbocycles. The number of hydrogen-bond acceptors (Lipinski definition) is 3. The minimum Gasteiger partial charge on any atom is -0.476 e. The van der Waals surface area contributed by atoms with Crippen molar-refractivity contribution in [2.75, 3.05) is 5.32 Å². The third-order valence-electron chi connectivity index (χ3n) is 3.09. The lowest BCUT2D eigenvalue weighted by Gasteiger charge is -2.08. The number of rotatable bonds is 6. The van der Waals surface area contributed by atoms with Crippen LogP contribution in [0.2, 0.25) is 5.02 Å². The standard InChI is InChI=1S/C16H17ClN2O2/c1-2-3-4-11-5-7-12(8-6-11)18-14-10-9-13(17)15(19-14)16(20)21/h5-10H,2-4H2,1H3,(H,18,19)(H,20,21). The van der Waals surface area contributed by atoms with Crippen LogP contribution in [0, 0.1) is 0 Å². The van der Waals surface area contributed by atoms with Gasteiger partial charge in [-0.2, -0.15) is 0 Å². The fourth-order valence-corrected chi connectivity index (χ4v) is 2.13. The molecule has 0 amide bonds. The second-order valence-corrected chi connectivity index (χ2v) is 5.16. The van der Waals surface area contributed by atoms with E-state index in [2.05, 4.69) is 29.4 Å². The van der Waals surface area contributed by atoms with Crippen molar-refractivity contribution in [2.24, 2.45) is 0 Å². The molecule has 0 bridgehead atoms. The van der Waals surface area contributed by atoms with Gasteiger partial charge in [-0.3, -0.25) is 0 Å². The van der Waals surface area contributed by atoms with Crippen molar-refractivity contribution < 1.29 is 9.90 Å².